The zero-order valence-electron chi connectivity index (χ0n) is 20.0. The number of hydrogen-bond acceptors (Lipinski definition) is 9. The minimum atomic E-state index is -1.57. The number of nitrogens with zero attached hydrogens (tertiary/aromatic N) is 1. The summed E-state index contributed by atoms with van der Waals surface area (Å²) in [6.45, 7) is 1.56. The van der Waals surface area contributed by atoms with Crippen molar-refractivity contribution in [2.45, 2.75) is 75.7 Å². The number of H-pyrrole nitrogens is 1. The monoisotopic (exact) mass is 513 g/mol. The van der Waals surface area contributed by atoms with Crippen LogP contribution in [-0.4, -0.2) is 91.8 Å². The standard InChI is InChI=1S/C21H35N7O8/c1-11(29)17(20(34)27-15(21(35)36)5-6-16(30)31)28-19(33)14(4-2-3-7-22)26-18(32)13(23)8-12-9-24-10-25-12/h9-11,13-15,17,29H,2-8,22-23H2,1H3,(H,24,25)(H,26,32)(H,27,34)(H,28,33)(H,30,31)(H,35,36). The van der Waals surface area contributed by atoms with E-state index in [-0.39, 0.29) is 12.8 Å². The van der Waals surface area contributed by atoms with Gasteiger partial charge in [0.1, 0.15) is 18.1 Å². The lowest BCUT2D eigenvalue weighted by Crippen LogP contribution is -2.60. The summed E-state index contributed by atoms with van der Waals surface area (Å²) < 4.78 is 0. The molecule has 0 aromatic carbocycles. The van der Waals surface area contributed by atoms with Crippen molar-refractivity contribution in [2.75, 3.05) is 6.54 Å². The zero-order chi connectivity index (χ0) is 27.3. The van der Waals surface area contributed by atoms with E-state index in [1.54, 1.807) is 0 Å². The molecule has 1 rings (SSSR count). The van der Waals surface area contributed by atoms with Gasteiger partial charge in [0.15, 0.2) is 0 Å². The Morgan fingerprint density at radius 2 is 1.67 bits per heavy atom. The first-order valence-corrected chi connectivity index (χ1v) is 11.4. The van der Waals surface area contributed by atoms with E-state index in [0.717, 1.165) is 0 Å². The molecule has 0 aliphatic carbocycles. The molecule has 5 atom stereocenters. The van der Waals surface area contributed by atoms with E-state index in [4.69, 9.17) is 16.6 Å². The number of nitrogens with two attached hydrogens (primary N) is 2. The molecule has 36 heavy (non-hydrogen) atoms. The molecule has 0 spiro atoms. The molecule has 0 fully saturated rings. The number of carbonyl (C=O) groups excluding carboxylic acids is 3. The molecule has 11 N–H and O–H groups in total. The molecule has 1 aromatic rings. The number of hydrogen-bond donors (Lipinski definition) is 9. The minimum Gasteiger partial charge on any atom is -0.481 e. The van der Waals surface area contributed by atoms with Gasteiger partial charge in [-0.1, -0.05) is 0 Å². The largest absolute Gasteiger partial charge is 0.481 e. The van der Waals surface area contributed by atoms with Crippen LogP contribution < -0.4 is 27.4 Å². The van der Waals surface area contributed by atoms with Crippen LogP contribution in [0.25, 0.3) is 0 Å². The lowest BCUT2D eigenvalue weighted by molar-refractivity contribution is -0.144. The number of unbranched alkanes of at least 4 members (excludes halogenated alkanes) is 1. The maximum Gasteiger partial charge on any atom is 0.326 e. The van der Waals surface area contributed by atoms with Gasteiger partial charge < -0.3 is 47.7 Å². The summed E-state index contributed by atoms with van der Waals surface area (Å²) in [4.78, 5) is 67.0. The van der Waals surface area contributed by atoms with Gasteiger partial charge in [0.25, 0.3) is 0 Å². The van der Waals surface area contributed by atoms with Crippen LogP contribution in [0.2, 0.25) is 0 Å². The van der Waals surface area contributed by atoms with Gasteiger partial charge in [0.05, 0.1) is 18.5 Å². The second kappa shape index (κ2) is 15.4. The molecule has 0 aliphatic heterocycles. The van der Waals surface area contributed by atoms with Gasteiger partial charge in [0, 0.05) is 24.7 Å². The molecule has 1 heterocycles. The predicted octanol–water partition coefficient (Wildman–Crippen LogP) is -2.81. The molecule has 1 aromatic heterocycles. The second-order valence-corrected chi connectivity index (χ2v) is 8.29. The molecule has 202 valence electrons. The number of aliphatic hydroxyl groups excluding tert-OH is 1. The van der Waals surface area contributed by atoms with E-state index in [0.29, 0.717) is 25.1 Å². The summed E-state index contributed by atoms with van der Waals surface area (Å²) in [6, 6.07) is -5.24. The SMILES string of the molecule is CC(O)C(NC(=O)C(CCCCN)NC(=O)C(N)Cc1cnc[nH]1)C(=O)NC(CCC(=O)O)C(=O)O. The Balaban J connectivity index is 2.90. The maximum atomic E-state index is 13.0. The summed E-state index contributed by atoms with van der Waals surface area (Å²) >= 11 is 0. The average Bonchev–Trinajstić information content (AvgIpc) is 3.31. The molecule has 15 heteroatoms. The summed E-state index contributed by atoms with van der Waals surface area (Å²) in [5.74, 6) is -5.18. The Kier molecular flexibility index (Phi) is 13.1. The van der Waals surface area contributed by atoms with Gasteiger partial charge in [-0.15, -0.1) is 0 Å². The number of aliphatic carboxylic acids is 2. The molecular weight excluding hydrogens is 478 g/mol. The van der Waals surface area contributed by atoms with Gasteiger partial charge in [-0.25, -0.2) is 9.78 Å². The Morgan fingerprint density at radius 1 is 1.00 bits per heavy atom. The molecular formula is C21H35N7O8. The van der Waals surface area contributed by atoms with E-state index in [1.807, 2.05) is 0 Å². The van der Waals surface area contributed by atoms with Crippen LogP contribution in [-0.2, 0) is 30.4 Å². The third kappa shape index (κ3) is 10.8. The number of carboxylic acid groups (broad SMARTS) is 2. The number of amides is 3. The number of nitrogens with one attached hydrogen (secondary N) is 4. The van der Waals surface area contributed by atoms with E-state index >= 15 is 0 Å². The van der Waals surface area contributed by atoms with Crippen molar-refractivity contribution >= 4 is 29.7 Å². The summed E-state index contributed by atoms with van der Waals surface area (Å²) in [7, 11) is 0. The van der Waals surface area contributed by atoms with Crippen LogP contribution in [0, 0.1) is 0 Å². The van der Waals surface area contributed by atoms with Crippen molar-refractivity contribution in [3.63, 3.8) is 0 Å². The second-order valence-electron chi connectivity index (χ2n) is 8.29. The third-order valence-electron chi connectivity index (χ3n) is 5.24. The van der Waals surface area contributed by atoms with Gasteiger partial charge in [-0.3, -0.25) is 19.2 Å². The van der Waals surface area contributed by atoms with Gasteiger partial charge in [-0.2, -0.15) is 0 Å². The zero-order valence-corrected chi connectivity index (χ0v) is 20.0. The van der Waals surface area contributed by atoms with E-state index in [1.165, 1.54) is 19.4 Å². The Labute approximate surface area is 207 Å². The van der Waals surface area contributed by atoms with Crippen molar-refractivity contribution in [1.29, 1.82) is 0 Å². The van der Waals surface area contributed by atoms with Crippen molar-refractivity contribution in [3.05, 3.63) is 18.2 Å². The van der Waals surface area contributed by atoms with Crippen LogP contribution in [0.4, 0.5) is 0 Å². The van der Waals surface area contributed by atoms with Crippen LogP contribution in [0.15, 0.2) is 12.5 Å². The van der Waals surface area contributed by atoms with Gasteiger partial charge in [-0.05, 0) is 39.2 Å². The fraction of sp³-hybridized carbons (Fsp3) is 0.619. The van der Waals surface area contributed by atoms with Gasteiger partial charge >= 0.3 is 11.9 Å². The van der Waals surface area contributed by atoms with Crippen molar-refractivity contribution in [3.8, 4) is 0 Å². The first-order chi connectivity index (χ1) is 17.0. The third-order valence-corrected chi connectivity index (χ3v) is 5.24. The van der Waals surface area contributed by atoms with E-state index in [2.05, 4.69) is 25.9 Å². The van der Waals surface area contributed by atoms with E-state index < -0.39 is 72.8 Å². The molecule has 0 bridgehead atoms. The number of carbonyl (C=O) groups is 5. The Morgan fingerprint density at radius 3 is 2.19 bits per heavy atom. The molecule has 5 unspecified atom stereocenters. The van der Waals surface area contributed by atoms with Crippen molar-refractivity contribution < 1.29 is 39.3 Å². The quantitative estimate of drug-likeness (QED) is 0.0960. The molecule has 0 aliphatic rings. The molecule has 0 saturated heterocycles. The summed E-state index contributed by atoms with van der Waals surface area (Å²) in [5, 5.41) is 35.1. The lowest BCUT2D eigenvalue weighted by Gasteiger charge is -2.26. The van der Waals surface area contributed by atoms with Crippen molar-refractivity contribution in [2.24, 2.45) is 11.5 Å². The fourth-order valence-electron chi connectivity index (χ4n) is 3.21. The van der Waals surface area contributed by atoms with Crippen LogP contribution in [0.1, 0.15) is 44.7 Å². The van der Waals surface area contributed by atoms with Crippen LogP contribution in [0.3, 0.4) is 0 Å². The first kappa shape index (κ1) is 30.5. The smallest absolute Gasteiger partial charge is 0.326 e. The fourth-order valence-corrected chi connectivity index (χ4v) is 3.21. The Bertz CT molecular complexity index is 878. The lowest BCUT2D eigenvalue weighted by atomic mass is 10.0. The summed E-state index contributed by atoms with van der Waals surface area (Å²) in [5.41, 5.74) is 12.0. The molecule has 0 radical (unpaired) electrons. The highest BCUT2D eigenvalue weighted by Gasteiger charge is 2.32. The number of rotatable bonds is 17. The number of aliphatic hydroxyl groups is 1. The van der Waals surface area contributed by atoms with Crippen LogP contribution >= 0.6 is 0 Å². The molecule has 3 amide bonds. The Hall–Kier alpha value is -3.56. The number of aromatic amines is 1. The molecule has 15 nitrogen and oxygen atoms in total. The highest BCUT2D eigenvalue weighted by atomic mass is 16.4. The minimum absolute atomic E-state index is 0.134. The van der Waals surface area contributed by atoms with E-state index in [9.17, 15) is 34.2 Å². The number of imidazole rings is 1. The number of aromatic nitrogens is 2. The summed E-state index contributed by atoms with van der Waals surface area (Å²) in [6.07, 6.45) is 1.90. The highest BCUT2D eigenvalue weighted by molar-refractivity contribution is 5.94. The maximum absolute atomic E-state index is 13.0. The van der Waals surface area contributed by atoms with Gasteiger partial charge in [0.2, 0.25) is 17.7 Å². The van der Waals surface area contributed by atoms with Crippen LogP contribution in [0.5, 0.6) is 0 Å². The molecule has 0 saturated carbocycles. The normalized spacial score (nSPS) is 15.1. The number of carboxylic acids is 2. The topological polar surface area (TPSA) is 263 Å². The van der Waals surface area contributed by atoms with Crippen molar-refractivity contribution in [1.82, 2.24) is 25.9 Å². The highest BCUT2D eigenvalue weighted by Crippen LogP contribution is 2.06. The average molecular weight is 514 g/mol. The first-order valence-electron chi connectivity index (χ1n) is 11.4. The predicted molar refractivity (Wildman–Crippen MR) is 125 cm³/mol.